The number of halogens is 1. The first-order chi connectivity index (χ1) is 10.4. The molecule has 3 nitrogen and oxygen atoms in total. The third-order valence-corrected chi connectivity index (χ3v) is 3.32. The van der Waals surface area contributed by atoms with Gasteiger partial charge in [-0.05, 0) is 24.0 Å². The third-order valence-electron chi connectivity index (χ3n) is 3.32. The summed E-state index contributed by atoms with van der Waals surface area (Å²) in [5.41, 5.74) is 2.68. The second kappa shape index (κ2) is 11.1. The third kappa shape index (κ3) is 6.93. The highest BCUT2D eigenvalue weighted by molar-refractivity contribution is 14.0. The molecule has 0 aromatic heterocycles. The van der Waals surface area contributed by atoms with E-state index in [-0.39, 0.29) is 24.0 Å². The highest BCUT2D eigenvalue weighted by Crippen LogP contribution is 1.99. The summed E-state index contributed by atoms with van der Waals surface area (Å²) >= 11 is 0. The molecular weight excluding hydrogens is 385 g/mol. The van der Waals surface area contributed by atoms with Crippen molar-refractivity contribution in [2.24, 2.45) is 4.99 Å². The molecule has 0 bridgehead atoms. The van der Waals surface area contributed by atoms with Crippen molar-refractivity contribution in [1.29, 1.82) is 0 Å². The number of rotatable bonds is 6. The lowest BCUT2D eigenvalue weighted by Gasteiger charge is -2.12. The molecule has 2 aromatic rings. The van der Waals surface area contributed by atoms with Crippen molar-refractivity contribution in [3.8, 4) is 0 Å². The van der Waals surface area contributed by atoms with Gasteiger partial charge < -0.3 is 10.6 Å². The van der Waals surface area contributed by atoms with E-state index in [1.54, 1.807) is 7.05 Å². The minimum Gasteiger partial charge on any atom is -0.356 e. The van der Waals surface area contributed by atoms with Crippen LogP contribution in [0.3, 0.4) is 0 Å². The van der Waals surface area contributed by atoms with E-state index in [2.05, 4.69) is 64.2 Å². The molecule has 2 N–H and O–H groups in total. The Morgan fingerprint density at radius 1 is 0.773 bits per heavy atom. The molecule has 0 aliphatic heterocycles. The Balaban J connectivity index is 0.00000242. The zero-order valence-corrected chi connectivity index (χ0v) is 15.3. The van der Waals surface area contributed by atoms with Crippen LogP contribution in [0.1, 0.15) is 11.1 Å². The van der Waals surface area contributed by atoms with E-state index < -0.39 is 0 Å². The Labute approximate surface area is 150 Å². The summed E-state index contributed by atoms with van der Waals surface area (Å²) in [4.78, 5) is 4.24. The van der Waals surface area contributed by atoms with Gasteiger partial charge in [-0.25, -0.2) is 0 Å². The van der Waals surface area contributed by atoms with E-state index in [9.17, 15) is 0 Å². The van der Waals surface area contributed by atoms with E-state index in [0.29, 0.717) is 0 Å². The zero-order chi connectivity index (χ0) is 14.8. The fourth-order valence-electron chi connectivity index (χ4n) is 2.16. The van der Waals surface area contributed by atoms with E-state index in [0.717, 1.165) is 31.9 Å². The number of hydrogen-bond donors (Lipinski definition) is 2. The van der Waals surface area contributed by atoms with Gasteiger partial charge in [-0.2, -0.15) is 0 Å². The lowest BCUT2D eigenvalue weighted by molar-refractivity contribution is 0.784. The molecule has 2 rings (SSSR count). The fraction of sp³-hybridized carbons (Fsp3) is 0.278. The smallest absolute Gasteiger partial charge is 0.190 e. The first-order valence-corrected chi connectivity index (χ1v) is 7.41. The molecule has 0 amide bonds. The monoisotopic (exact) mass is 409 g/mol. The summed E-state index contributed by atoms with van der Waals surface area (Å²) in [6, 6.07) is 21.0. The number of hydrogen-bond acceptors (Lipinski definition) is 1. The minimum absolute atomic E-state index is 0. The van der Waals surface area contributed by atoms with E-state index in [1.165, 1.54) is 11.1 Å². The standard InChI is InChI=1S/C18H23N3.HI/c1-19-18(20-14-12-16-8-4-2-5-9-16)21-15-13-17-10-6-3-7-11-17;/h2-11H,12-15H2,1H3,(H2,19,20,21);1H. The van der Waals surface area contributed by atoms with E-state index >= 15 is 0 Å². The van der Waals surface area contributed by atoms with Gasteiger partial charge in [0, 0.05) is 20.1 Å². The van der Waals surface area contributed by atoms with Crippen LogP contribution in [0.15, 0.2) is 65.7 Å². The first kappa shape index (κ1) is 18.5. The van der Waals surface area contributed by atoms with Gasteiger partial charge in [0.1, 0.15) is 0 Å². The Bertz CT molecular complexity index is 493. The topological polar surface area (TPSA) is 36.4 Å². The Morgan fingerprint density at radius 2 is 1.18 bits per heavy atom. The molecule has 22 heavy (non-hydrogen) atoms. The van der Waals surface area contributed by atoms with Gasteiger partial charge in [0.05, 0.1) is 0 Å². The summed E-state index contributed by atoms with van der Waals surface area (Å²) in [5.74, 6) is 0.863. The highest BCUT2D eigenvalue weighted by atomic mass is 127. The average Bonchev–Trinajstić information content (AvgIpc) is 2.55. The molecule has 4 heteroatoms. The number of guanidine groups is 1. The SMILES string of the molecule is CN=C(NCCc1ccccc1)NCCc1ccccc1.I. The number of aliphatic imine (C=N–C) groups is 1. The summed E-state index contributed by atoms with van der Waals surface area (Å²) < 4.78 is 0. The van der Waals surface area contributed by atoms with Crippen LogP contribution in [0, 0.1) is 0 Å². The first-order valence-electron chi connectivity index (χ1n) is 7.41. The maximum absolute atomic E-state index is 4.24. The van der Waals surface area contributed by atoms with Crippen LogP contribution in [-0.4, -0.2) is 26.1 Å². The van der Waals surface area contributed by atoms with Crippen molar-refractivity contribution < 1.29 is 0 Å². The van der Waals surface area contributed by atoms with Crippen molar-refractivity contribution in [1.82, 2.24) is 10.6 Å². The molecule has 0 saturated carbocycles. The van der Waals surface area contributed by atoms with Gasteiger partial charge in [0.2, 0.25) is 0 Å². The second-order valence-electron chi connectivity index (χ2n) is 4.90. The molecule has 0 spiro atoms. The van der Waals surface area contributed by atoms with Crippen molar-refractivity contribution in [3.05, 3.63) is 71.8 Å². The van der Waals surface area contributed by atoms with Crippen molar-refractivity contribution in [2.45, 2.75) is 12.8 Å². The number of nitrogens with one attached hydrogen (secondary N) is 2. The lowest BCUT2D eigenvalue weighted by atomic mass is 10.1. The lowest BCUT2D eigenvalue weighted by Crippen LogP contribution is -2.39. The van der Waals surface area contributed by atoms with Crippen molar-refractivity contribution >= 4 is 29.9 Å². The zero-order valence-electron chi connectivity index (χ0n) is 13.0. The van der Waals surface area contributed by atoms with Gasteiger partial charge in [-0.1, -0.05) is 60.7 Å². The van der Waals surface area contributed by atoms with Gasteiger partial charge in [-0.15, -0.1) is 24.0 Å². The summed E-state index contributed by atoms with van der Waals surface area (Å²) in [6.07, 6.45) is 2.00. The second-order valence-corrected chi connectivity index (χ2v) is 4.90. The molecule has 0 saturated heterocycles. The summed E-state index contributed by atoms with van der Waals surface area (Å²) in [5, 5.41) is 6.69. The van der Waals surface area contributed by atoms with Crippen LogP contribution >= 0.6 is 24.0 Å². The molecule has 0 atom stereocenters. The average molecular weight is 409 g/mol. The highest BCUT2D eigenvalue weighted by Gasteiger charge is 1.98. The number of benzene rings is 2. The quantitative estimate of drug-likeness (QED) is 0.437. The van der Waals surface area contributed by atoms with Gasteiger partial charge in [-0.3, -0.25) is 4.99 Å². The maximum Gasteiger partial charge on any atom is 0.190 e. The predicted octanol–water partition coefficient (Wildman–Crippen LogP) is 3.25. The normalized spacial score (nSPS) is 9.50. The Morgan fingerprint density at radius 3 is 1.55 bits per heavy atom. The van der Waals surface area contributed by atoms with Crippen LogP contribution in [0.2, 0.25) is 0 Å². The largest absolute Gasteiger partial charge is 0.356 e. The molecule has 0 fully saturated rings. The minimum atomic E-state index is 0. The molecule has 0 heterocycles. The van der Waals surface area contributed by atoms with Gasteiger partial charge in [0.25, 0.3) is 0 Å². The molecule has 118 valence electrons. The maximum atomic E-state index is 4.24. The Hall–Kier alpha value is -1.56. The van der Waals surface area contributed by atoms with E-state index in [4.69, 9.17) is 0 Å². The number of nitrogens with zero attached hydrogens (tertiary/aromatic N) is 1. The molecular formula is C18H24IN3. The van der Waals surface area contributed by atoms with Crippen LogP contribution in [0.5, 0.6) is 0 Å². The van der Waals surface area contributed by atoms with Gasteiger partial charge >= 0.3 is 0 Å². The summed E-state index contributed by atoms with van der Waals surface area (Å²) in [7, 11) is 1.81. The molecule has 2 aromatic carbocycles. The van der Waals surface area contributed by atoms with Crippen LogP contribution < -0.4 is 10.6 Å². The predicted molar refractivity (Wildman–Crippen MR) is 105 cm³/mol. The molecule has 0 unspecified atom stereocenters. The van der Waals surface area contributed by atoms with Crippen molar-refractivity contribution in [2.75, 3.05) is 20.1 Å². The molecule has 0 aliphatic rings. The van der Waals surface area contributed by atoms with Crippen LogP contribution in [0.25, 0.3) is 0 Å². The van der Waals surface area contributed by atoms with Crippen LogP contribution in [-0.2, 0) is 12.8 Å². The molecule has 0 aliphatic carbocycles. The van der Waals surface area contributed by atoms with Crippen LogP contribution in [0.4, 0.5) is 0 Å². The van der Waals surface area contributed by atoms with Gasteiger partial charge in [0.15, 0.2) is 5.96 Å². The molecule has 0 radical (unpaired) electrons. The van der Waals surface area contributed by atoms with E-state index in [1.807, 2.05) is 12.1 Å². The fourth-order valence-corrected chi connectivity index (χ4v) is 2.16. The summed E-state index contributed by atoms with van der Waals surface area (Å²) in [6.45, 7) is 1.77. The Kier molecular flexibility index (Phi) is 9.30. The van der Waals surface area contributed by atoms with Crippen molar-refractivity contribution in [3.63, 3.8) is 0 Å².